The van der Waals surface area contributed by atoms with E-state index in [4.69, 9.17) is 16.9 Å². The molecule has 0 aromatic heterocycles. The van der Waals surface area contributed by atoms with Crippen LogP contribution in [0.25, 0.3) is 0 Å². The molecular formula is C23H22ClF3N4O2. The number of nitrogens with zero attached hydrogens (tertiary/aromatic N) is 4. The van der Waals surface area contributed by atoms with E-state index in [-0.39, 0.29) is 43.6 Å². The van der Waals surface area contributed by atoms with Crippen LogP contribution in [0.1, 0.15) is 16.7 Å². The molecule has 1 unspecified atom stereocenters. The van der Waals surface area contributed by atoms with E-state index in [2.05, 4.69) is 0 Å². The van der Waals surface area contributed by atoms with Crippen LogP contribution in [0, 0.1) is 11.3 Å². The number of halogens is 4. The minimum Gasteiger partial charge on any atom is -0.367 e. The average Bonchev–Trinajstić information content (AvgIpc) is 2.78. The Balaban J connectivity index is 1.88. The van der Waals surface area contributed by atoms with Crippen LogP contribution in [0.4, 0.5) is 18.9 Å². The number of anilines is 1. The minimum absolute atomic E-state index is 0.00592. The topological polar surface area (TPSA) is 67.7 Å². The van der Waals surface area contributed by atoms with Crippen molar-refractivity contribution < 1.29 is 22.8 Å². The quantitative estimate of drug-likeness (QED) is 0.673. The number of carbonyl (C=O) groups excluding carboxylic acids is 2. The van der Waals surface area contributed by atoms with E-state index in [0.29, 0.717) is 10.6 Å². The monoisotopic (exact) mass is 478 g/mol. The van der Waals surface area contributed by atoms with Crippen molar-refractivity contribution in [1.29, 1.82) is 5.26 Å². The fourth-order valence-electron chi connectivity index (χ4n) is 3.79. The summed E-state index contributed by atoms with van der Waals surface area (Å²) in [5.41, 5.74) is -0.642. The summed E-state index contributed by atoms with van der Waals surface area (Å²) >= 11 is 6.17. The summed E-state index contributed by atoms with van der Waals surface area (Å²) < 4.78 is 40.2. The molecular weight excluding hydrogens is 457 g/mol. The van der Waals surface area contributed by atoms with Crippen LogP contribution in [-0.2, 0) is 22.2 Å². The second kappa shape index (κ2) is 9.71. The van der Waals surface area contributed by atoms with Crippen molar-refractivity contribution in [2.45, 2.75) is 18.6 Å². The number of likely N-dealkylation sites (N-methyl/N-ethyl adjacent to an activating group) is 1. The lowest BCUT2D eigenvalue weighted by atomic mass is 10.0. The SMILES string of the molecule is CN(C)C(=O)C1CN(c2ccc(C#N)c(C(F)(F)F)c2)CCN1C(=O)Cc1ccccc1Cl. The molecule has 174 valence electrons. The lowest BCUT2D eigenvalue weighted by Gasteiger charge is -2.42. The maximum Gasteiger partial charge on any atom is 0.417 e. The lowest BCUT2D eigenvalue weighted by Crippen LogP contribution is -2.60. The Labute approximate surface area is 194 Å². The molecule has 2 aromatic rings. The summed E-state index contributed by atoms with van der Waals surface area (Å²) in [6, 6.07) is 11.1. The van der Waals surface area contributed by atoms with Crippen LogP contribution in [0.5, 0.6) is 0 Å². The number of hydrogen-bond donors (Lipinski definition) is 0. The van der Waals surface area contributed by atoms with Gasteiger partial charge in [-0.3, -0.25) is 9.59 Å². The van der Waals surface area contributed by atoms with Gasteiger partial charge in [0, 0.05) is 44.4 Å². The number of nitriles is 1. The average molecular weight is 479 g/mol. The highest BCUT2D eigenvalue weighted by molar-refractivity contribution is 6.31. The molecule has 2 aromatic carbocycles. The van der Waals surface area contributed by atoms with Crippen molar-refractivity contribution in [3.63, 3.8) is 0 Å². The molecule has 6 nitrogen and oxygen atoms in total. The second-order valence-corrected chi connectivity index (χ2v) is 8.30. The fraction of sp³-hybridized carbons (Fsp3) is 0.348. The van der Waals surface area contributed by atoms with Crippen molar-refractivity contribution in [3.8, 4) is 6.07 Å². The Morgan fingerprint density at radius 2 is 1.88 bits per heavy atom. The first-order chi connectivity index (χ1) is 15.5. The maximum absolute atomic E-state index is 13.4. The molecule has 1 aliphatic heterocycles. The minimum atomic E-state index is -4.69. The summed E-state index contributed by atoms with van der Waals surface area (Å²) in [6.07, 6.45) is -4.68. The van der Waals surface area contributed by atoms with Crippen molar-refractivity contribution in [2.75, 3.05) is 38.6 Å². The van der Waals surface area contributed by atoms with Crippen LogP contribution in [0.15, 0.2) is 42.5 Å². The predicted molar refractivity (Wildman–Crippen MR) is 118 cm³/mol. The van der Waals surface area contributed by atoms with Gasteiger partial charge < -0.3 is 14.7 Å². The van der Waals surface area contributed by atoms with Gasteiger partial charge in [0.25, 0.3) is 0 Å². The number of hydrogen-bond acceptors (Lipinski definition) is 4. The van der Waals surface area contributed by atoms with E-state index in [1.165, 1.54) is 15.9 Å². The molecule has 0 spiro atoms. The molecule has 1 fully saturated rings. The van der Waals surface area contributed by atoms with Gasteiger partial charge in [-0.25, -0.2) is 0 Å². The summed E-state index contributed by atoms with van der Waals surface area (Å²) in [4.78, 5) is 30.4. The van der Waals surface area contributed by atoms with E-state index in [9.17, 15) is 22.8 Å². The van der Waals surface area contributed by atoms with E-state index in [0.717, 1.165) is 12.1 Å². The molecule has 1 saturated heterocycles. The highest BCUT2D eigenvalue weighted by Crippen LogP contribution is 2.35. The number of rotatable bonds is 4. The first kappa shape index (κ1) is 24.4. The smallest absolute Gasteiger partial charge is 0.367 e. The molecule has 1 aliphatic rings. The molecule has 1 atom stereocenters. The fourth-order valence-corrected chi connectivity index (χ4v) is 4.00. The maximum atomic E-state index is 13.4. The highest BCUT2D eigenvalue weighted by Gasteiger charge is 2.38. The molecule has 0 aliphatic carbocycles. The van der Waals surface area contributed by atoms with Gasteiger partial charge in [0.2, 0.25) is 11.8 Å². The van der Waals surface area contributed by atoms with Crippen molar-refractivity contribution in [1.82, 2.24) is 9.80 Å². The van der Waals surface area contributed by atoms with Crippen LogP contribution in [-0.4, -0.2) is 61.4 Å². The summed E-state index contributed by atoms with van der Waals surface area (Å²) in [5, 5.41) is 9.47. The third-order valence-electron chi connectivity index (χ3n) is 5.52. The van der Waals surface area contributed by atoms with E-state index in [1.54, 1.807) is 49.3 Å². The van der Waals surface area contributed by atoms with Gasteiger partial charge in [-0.15, -0.1) is 0 Å². The first-order valence-electron chi connectivity index (χ1n) is 10.1. The molecule has 0 saturated carbocycles. The number of carbonyl (C=O) groups is 2. The summed E-state index contributed by atoms with van der Waals surface area (Å²) in [7, 11) is 3.11. The Kier molecular flexibility index (Phi) is 7.18. The molecule has 10 heteroatoms. The largest absolute Gasteiger partial charge is 0.417 e. The van der Waals surface area contributed by atoms with Gasteiger partial charge in [-0.1, -0.05) is 29.8 Å². The van der Waals surface area contributed by atoms with Gasteiger partial charge in [-0.05, 0) is 29.8 Å². The second-order valence-electron chi connectivity index (χ2n) is 7.89. The molecule has 33 heavy (non-hydrogen) atoms. The number of piperazine rings is 1. The van der Waals surface area contributed by atoms with Gasteiger partial charge in [0.05, 0.1) is 23.6 Å². The Morgan fingerprint density at radius 3 is 2.48 bits per heavy atom. The third kappa shape index (κ3) is 5.40. The normalized spacial score (nSPS) is 16.3. The molecule has 0 N–H and O–H groups in total. The van der Waals surface area contributed by atoms with E-state index in [1.807, 2.05) is 0 Å². The zero-order chi connectivity index (χ0) is 24.3. The molecule has 0 bridgehead atoms. The van der Waals surface area contributed by atoms with Gasteiger partial charge in [0.15, 0.2) is 0 Å². The van der Waals surface area contributed by atoms with Crippen molar-refractivity contribution in [3.05, 3.63) is 64.2 Å². The lowest BCUT2D eigenvalue weighted by molar-refractivity contribution is -0.144. The highest BCUT2D eigenvalue weighted by atomic mass is 35.5. The summed E-state index contributed by atoms with van der Waals surface area (Å²) in [5.74, 6) is -0.629. The van der Waals surface area contributed by atoms with E-state index >= 15 is 0 Å². The number of benzene rings is 2. The Hall–Kier alpha value is -3.25. The number of alkyl halides is 3. The van der Waals surface area contributed by atoms with Crippen LogP contribution < -0.4 is 4.90 Å². The zero-order valence-corrected chi connectivity index (χ0v) is 18.8. The van der Waals surface area contributed by atoms with Crippen LogP contribution in [0.3, 0.4) is 0 Å². The van der Waals surface area contributed by atoms with Gasteiger partial charge >= 0.3 is 6.18 Å². The summed E-state index contributed by atoms with van der Waals surface area (Å²) in [6.45, 7) is 0.401. The zero-order valence-electron chi connectivity index (χ0n) is 18.1. The molecule has 0 radical (unpaired) electrons. The third-order valence-corrected chi connectivity index (χ3v) is 5.89. The molecule has 3 rings (SSSR count). The van der Waals surface area contributed by atoms with Crippen LogP contribution in [0.2, 0.25) is 5.02 Å². The van der Waals surface area contributed by atoms with Crippen molar-refractivity contribution in [2.24, 2.45) is 0 Å². The standard InChI is InChI=1S/C23H22ClF3N4O2/c1-29(2)22(33)20-14-30(17-8-7-16(13-28)18(12-17)23(25,26)27)9-10-31(20)21(32)11-15-5-3-4-6-19(15)24/h3-8,12,20H,9-11,14H2,1-2H3. The first-order valence-corrected chi connectivity index (χ1v) is 10.5. The van der Waals surface area contributed by atoms with Gasteiger partial charge in [0.1, 0.15) is 6.04 Å². The Bertz CT molecular complexity index is 1100. The van der Waals surface area contributed by atoms with Crippen LogP contribution >= 0.6 is 11.6 Å². The Morgan fingerprint density at radius 1 is 1.18 bits per heavy atom. The van der Waals surface area contributed by atoms with E-state index < -0.39 is 23.3 Å². The van der Waals surface area contributed by atoms with Crippen molar-refractivity contribution >= 4 is 29.1 Å². The molecule has 1 heterocycles. The molecule has 2 amide bonds. The number of amides is 2. The van der Waals surface area contributed by atoms with Gasteiger partial charge in [-0.2, -0.15) is 18.4 Å². The predicted octanol–water partition coefficient (Wildman–Crippen LogP) is 3.58.